The number of anilines is 1. The van der Waals surface area contributed by atoms with E-state index in [1.54, 1.807) is 12.3 Å². The Morgan fingerprint density at radius 1 is 1.52 bits per heavy atom. The number of aromatic nitrogens is 2. The van der Waals surface area contributed by atoms with Gasteiger partial charge in [0, 0.05) is 19.3 Å². The number of nitrogens with zero attached hydrogens (tertiary/aromatic N) is 3. The van der Waals surface area contributed by atoms with Crippen molar-refractivity contribution in [3.05, 3.63) is 22.7 Å². The van der Waals surface area contributed by atoms with Crippen molar-refractivity contribution in [1.82, 2.24) is 9.55 Å². The predicted molar refractivity (Wildman–Crippen MR) is 99.0 cm³/mol. The van der Waals surface area contributed by atoms with E-state index in [4.69, 9.17) is 19.7 Å². The molecule has 2 rings (SSSR count). The summed E-state index contributed by atoms with van der Waals surface area (Å²) in [5, 5.41) is 3.62. The largest absolute Gasteiger partial charge is 0.414 e. The Labute approximate surface area is 149 Å². The number of nitrogens with two attached hydrogens (primary N) is 1. The van der Waals surface area contributed by atoms with Gasteiger partial charge in [-0.25, -0.2) is 4.79 Å². The van der Waals surface area contributed by atoms with E-state index in [2.05, 4.69) is 50.7 Å². The number of hydrogen-bond donors (Lipinski definition) is 1. The lowest BCUT2D eigenvalue weighted by Gasteiger charge is -2.37. The van der Waals surface area contributed by atoms with Gasteiger partial charge in [-0.15, -0.1) is 5.16 Å². The molecule has 1 aliphatic rings. The van der Waals surface area contributed by atoms with E-state index in [0.29, 0.717) is 13.0 Å². The summed E-state index contributed by atoms with van der Waals surface area (Å²) in [5.74, 6) is 0.178. The van der Waals surface area contributed by atoms with Gasteiger partial charge in [0.15, 0.2) is 14.4 Å². The van der Waals surface area contributed by atoms with E-state index < -0.39 is 20.2 Å². The van der Waals surface area contributed by atoms with Crippen molar-refractivity contribution < 1.29 is 14.0 Å². The molecule has 25 heavy (non-hydrogen) atoms. The standard InChI is InChI=1S/C16H28N4O4Si/c1-16(2,3)25(5,6)22-10-12-11(24-18-4)9-14(23-12)20-8-7-13(17)19-15(20)21/h7-8,11-12,14H,4,9-10H2,1-3,5-6H3,(H2,17,19,21)/t11?,12-,14-/m1/s1. The van der Waals surface area contributed by atoms with Gasteiger partial charge in [-0.1, -0.05) is 20.8 Å². The Morgan fingerprint density at radius 3 is 2.76 bits per heavy atom. The lowest BCUT2D eigenvalue weighted by molar-refractivity contribution is -0.0586. The topological polar surface area (TPSA) is 101 Å². The first-order valence-electron chi connectivity index (χ1n) is 8.31. The molecule has 140 valence electrons. The molecule has 0 saturated carbocycles. The molecular formula is C16H28N4O4Si. The van der Waals surface area contributed by atoms with Crippen molar-refractivity contribution in [2.45, 2.75) is 63.8 Å². The molecule has 2 N–H and O–H groups in total. The van der Waals surface area contributed by atoms with Crippen molar-refractivity contribution in [2.75, 3.05) is 12.3 Å². The summed E-state index contributed by atoms with van der Waals surface area (Å²) < 4.78 is 13.6. The van der Waals surface area contributed by atoms with Gasteiger partial charge in [-0.2, -0.15) is 4.98 Å². The second-order valence-electron chi connectivity index (χ2n) is 7.75. The number of rotatable bonds is 6. The number of nitrogen functional groups attached to an aromatic ring is 1. The molecule has 0 aliphatic carbocycles. The lowest BCUT2D eigenvalue weighted by atomic mass is 10.2. The van der Waals surface area contributed by atoms with Crippen LogP contribution < -0.4 is 11.4 Å². The quantitative estimate of drug-likeness (QED) is 0.469. The fraction of sp³-hybridized carbons (Fsp3) is 0.688. The zero-order valence-corrected chi connectivity index (χ0v) is 16.6. The van der Waals surface area contributed by atoms with Crippen LogP contribution in [0, 0.1) is 0 Å². The summed E-state index contributed by atoms with van der Waals surface area (Å²) >= 11 is 0. The Balaban J connectivity index is 2.12. The van der Waals surface area contributed by atoms with E-state index in [0.717, 1.165) is 0 Å². The molecule has 0 aromatic carbocycles. The van der Waals surface area contributed by atoms with Crippen LogP contribution in [0.3, 0.4) is 0 Å². The van der Waals surface area contributed by atoms with Crippen LogP contribution in [-0.2, 0) is 14.0 Å². The second-order valence-corrected chi connectivity index (χ2v) is 12.6. The molecule has 3 atom stereocenters. The fourth-order valence-electron chi connectivity index (χ4n) is 2.38. The summed E-state index contributed by atoms with van der Waals surface area (Å²) in [6, 6.07) is 1.56. The molecule has 2 heterocycles. The summed E-state index contributed by atoms with van der Waals surface area (Å²) in [5.41, 5.74) is 5.08. The van der Waals surface area contributed by atoms with Crippen LogP contribution in [0.25, 0.3) is 0 Å². The molecule has 1 aromatic rings. The van der Waals surface area contributed by atoms with E-state index >= 15 is 0 Å². The first-order chi connectivity index (χ1) is 11.5. The highest BCUT2D eigenvalue weighted by Crippen LogP contribution is 2.38. The van der Waals surface area contributed by atoms with Gasteiger partial charge in [0.1, 0.15) is 18.1 Å². The van der Waals surface area contributed by atoms with Crippen LogP contribution >= 0.6 is 0 Å². The van der Waals surface area contributed by atoms with Crippen molar-refractivity contribution in [2.24, 2.45) is 5.16 Å². The fourth-order valence-corrected chi connectivity index (χ4v) is 3.39. The number of hydrogen-bond acceptors (Lipinski definition) is 7. The molecule has 1 aromatic heterocycles. The first-order valence-corrected chi connectivity index (χ1v) is 11.2. The van der Waals surface area contributed by atoms with Gasteiger partial charge in [-0.05, 0) is 24.2 Å². The Hall–Kier alpha value is -1.71. The smallest absolute Gasteiger partial charge is 0.351 e. The molecule has 0 radical (unpaired) electrons. The van der Waals surface area contributed by atoms with Gasteiger partial charge in [0.05, 0.1) is 6.61 Å². The first kappa shape index (κ1) is 19.6. The highest BCUT2D eigenvalue weighted by Gasteiger charge is 2.42. The molecule has 0 amide bonds. The maximum Gasteiger partial charge on any atom is 0.351 e. The highest BCUT2D eigenvalue weighted by molar-refractivity contribution is 6.74. The van der Waals surface area contributed by atoms with Crippen molar-refractivity contribution in [3.63, 3.8) is 0 Å². The third-order valence-corrected chi connectivity index (χ3v) is 9.47. The van der Waals surface area contributed by atoms with E-state index in [-0.39, 0.29) is 23.1 Å². The van der Waals surface area contributed by atoms with Crippen LogP contribution in [0.15, 0.2) is 22.2 Å². The minimum Gasteiger partial charge on any atom is -0.414 e. The molecular weight excluding hydrogens is 340 g/mol. The van der Waals surface area contributed by atoms with Gasteiger partial charge in [0.2, 0.25) is 0 Å². The Kier molecular flexibility index (Phi) is 5.70. The van der Waals surface area contributed by atoms with Crippen LogP contribution in [0.4, 0.5) is 5.82 Å². The average Bonchev–Trinajstić information content (AvgIpc) is 2.87. The van der Waals surface area contributed by atoms with Gasteiger partial charge in [-0.3, -0.25) is 4.57 Å². The van der Waals surface area contributed by atoms with Crippen LogP contribution in [-0.4, -0.2) is 43.4 Å². The van der Waals surface area contributed by atoms with E-state index in [1.165, 1.54) is 4.57 Å². The second kappa shape index (κ2) is 7.26. The summed E-state index contributed by atoms with van der Waals surface area (Å²) in [6.07, 6.45) is 0.854. The van der Waals surface area contributed by atoms with Gasteiger partial charge < -0.3 is 19.7 Å². The molecule has 1 saturated heterocycles. The molecule has 9 heteroatoms. The Morgan fingerprint density at radius 2 is 2.20 bits per heavy atom. The maximum atomic E-state index is 12.0. The predicted octanol–water partition coefficient (Wildman–Crippen LogP) is 2.14. The molecule has 1 unspecified atom stereocenters. The zero-order valence-electron chi connectivity index (χ0n) is 15.6. The third-order valence-electron chi connectivity index (χ3n) is 4.97. The summed E-state index contributed by atoms with van der Waals surface area (Å²) in [6.45, 7) is 14.6. The normalized spacial score (nSPS) is 24.3. The summed E-state index contributed by atoms with van der Waals surface area (Å²) in [4.78, 5) is 21.1. The molecule has 0 spiro atoms. The van der Waals surface area contributed by atoms with Gasteiger partial charge >= 0.3 is 5.69 Å². The molecule has 0 bridgehead atoms. The monoisotopic (exact) mass is 368 g/mol. The molecule has 8 nitrogen and oxygen atoms in total. The zero-order chi connectivity index (χ0) is 18.8. The third kappa shape index (κ3) is 4.47. The molecule has 1 fully saturated rings. The van der Waals surface area contributed by atoms with Crippen molar-refractivity contribution >= 4 is 20.9 Å². The Bertz CT molecular complexity index is 671. The molecule has 1 aliphatic heterocycles. The van der Waals surface area contributed by atoms with E-state index in [9.17, 15) is 4.79 Å². The van der Waals surface area contributed by atoms with Crippen LogP contribution in [0.2, 0.25) is 18.1 Å². The SMILES string of the molecule is C=NOC1C[C@H](n2ccc(N)nc2=O)O[C@@H]1CO[Si](C)(C)C(C)(C)C. The minimum absolute atomic E-state index is 0.0931. The van der Waals surface area contributed by atoms with E-state index in [1.807, 2.05) is 0 Å². The number of ether oxygens (including phenoxy) is 1. The minimum atomic E-state index is -1.92. The number of oxime groups is 1. The van der Waals surface area contributed by atoms with Crippen LogP contribution in [0.1, 0.15) is 33.4 Å². The summed E-state index contributed by atoms with van der Waals surface area (Å²) in [7, 11) is -1.92. The van der Waals surface area contributed by atoms with Gasteiger partial charge in [0.25, 0.3) is 0 Å². The van der Waals surface area contributed by atoms with Crippen LogP contribution in [0.5, 0.6) is 0 Å². The average molecular weight is 369 g/mol. The van der Waals surface area contributed by atoms with Crippen molar-refractivity contribution in [3.8, 4) is 0 Å². The maximum absolute atomic E-state index is 12.0. The lowest BCUT2D eigenvalue weighted by Crippen LogP contribution is -2.44. The highest BCUT2D eigenvalue weighted by atomic mass is 28.4. The van der Waals surface area contributed by atoms with Crippen molar-refractivity contribution in [1.29, 1.82) is 0 Å².